The first-order valence-corrected chi connectivity index (χ1v) is 10.7. The molecule has 0 atom stereocenters. The average molecular weight is 384 g/mol. The van der Waals surface area contributed by atoms with Crippen molar-refractivity contribution in [3.8, 4) is 10.4 Å². The maximum absolute atomic E-state index is 5.45. The fourth-order valence-electron chi connectivity index (χ4n) is 4.18. The maximum atomic E-state index is 5.45. The summed E-state index contributed by atoms with van der Waals surface area (Å²) in [7, 11) is 0. The molecule has 1 aliphatic carbocycles. The summed E-state index contributed by atoms with van der Waals surface area (Å²) in [6.07, 6.45) is 3.34. The van der Waals surface area contributed by atoms with Gasteiger partial charge in [0.25, 0.3) is 0 Å². The number of thiophene rings is 1. The van der Waals surface area contributed by atoms with E-state index in [-0.39, 0.29) is 0 Å². The van der Waals surface area contributed by atoms with E-state index in [9.17, 15) is 0 Å². The minimum Gasteiger partial charge on any atom is -0.379 e. The van der Waals surface area contributed by atoms with Crippen molar-refractivity contribution in [3.63, 3.8) is 0 Å². The SMILES string of the molecule is Cc1nn2c(NCCN3CCOCC3)c3c(nc2c1-c1cccs1)CCC3. The summed E-state index contributed by atoms with van der Waals surface area (Å²) in [5.74, 6) is 1.15. The Morgan fingerprint density at radius 2 is 2.15 bits per heavy atom. The Hall–Kier alpha value is -1.96. The smallest absolute Gasteiger partial charge is 0.166 e. The van der Waals surface area contributed by atoms with Gasteiger partial charge in [0.05, 0.1) is 24.5 Å². The van der Waals surface area contributed by atoms with Crippen LogP contribution in [0.3, 0.4) is 0 Å². The predicted octanol–water partition coefficient (Wildman–Crippen LogP) is 3.00. The van der Waals surface area contributed by atoms with Crippen LogP contribution in [0, 0.1) is 6.92 Å². The van der Waals surface area contributed by atoms with Crippen molar-refractivity contribution >= 4 is 22.8 Å². The van der Waals surface area contributed by atoms with Crippen LogP contribution in [0.1, 0.15) is 23.4 Å². The van der Waals surface area contributed by atoms with E-state index in [1.54, 1.807) is 11.3 Å². The van der Waals surface area contributed by atoms with E-state index in [1.165, 1.54) is 28.1 Å². The lowest BCUT2D eigenvalue weighted by Crippen LogP contribution is -2.39. The molecule has 5 rings (SSSR count). The highest BCUT2D eigenvalue weighted by Crippen LogP contribution is 2.35. The van der Waals surface area contributed by atoms with E-state index < -0.39 is 0 Å². The van der Waals surface area contributed by atoms with Crippen LogP contribution in [0.25, 0.3) is 16.1 Å². The summed E-state index contributed by atoms with van der Waals surface area (Å²) >= 11 is 1.75. The highest BCUT2D eigenvalue weighted by Gasteiger charge is 2.24. The zero-order chi connectivity index (χ0) is 18.2. The first kappa shape index (κ1) is 17.2. The van der Waals surface area contributed by atoms with E-state index in [1.807, 2.05) is 4.52 Å². The Bertz CT molecular complexity index is 943. The first-order valence-electron chi connectivity index (χ1n) is 9.80. The predicted molar refractivity (Wildman–Crippen MR) is 109 cm³/mol. The molecule has 0 amide bonds. The molecule has 6 nitrogen and oxygen atoms in total. The van der Waals surface area contributed by atoms with Crippen molar-refractivity contribution in [1.82, 2.24) is 19.5 Å². The van der Waals surface area contributed by atoms with Gasteiger partial charge in [0.1, 0.15) is 5.82 Å². The first-order chi connectivity index (χ1) is 13.3. The third-order valence-corrected chi connectivity index (χ3v) is 6.44. The monoisotopic (exact) mass is 383 g/mol. The lowest BCUT2D eigenvalue weighted by Gasteiger charge is -2.26. The molecule has 1 N–H and O–H groups in total. The Balaban J connectivity index is 1.50. The number of fused-ring (bicyclic) bond motifs is 2. The van der Waals surface area contributed by atoms with E-state index in [0.29, 0.717) is 0 Å². The van der Waals surface area contributed by atoms with Crippen LogP contribution in [-0.4, -0.2) is 58.9 Å². The number of hydrogen-bond acceptors (Lipinski definition) is 6. The van der Waals surface area contributed by atoms with Crippen LogP contribution < -0.4 is 5.32 Å². The Morgan fingerprint density at radius 3 is 2.96 bits per heavy atom. The molecule has 142 valence electrons. The number of nitrogens with zero attached hydrogens (tertiary/aromatic N) is 4. The quantitative estimate of drug-likeness (QED) is 0.734. The van der Waals surface area contributed by atoms with Crippen molar-refractivity contribution < 1.29 is 4.74 Å². The van der Waals surface area contributed by atoms with Gasteiger partial charge in [-0.1, -0.05) is 6.07 Å². The second kappa shape index (κ2) is 7.22. The average Bonchev–Trinajstić information content (AvgIpc) is 3.41. The minimum atomic E-state index is 0.845. The van der Waals surface area contributed by atoms with Crippen LogP contribution in [0.15, 0.2) is 17.5 Å². The van der Waals surface area contributed by atoms with Gasteiger partial charge in [-0.3, -0.25) is 4.90 Å². The molecule has 1 aliphatic heterocycles. The zero-order valence-electron chi connectivity index (χ0n) is 15.7. The maximum Gasteiger partial charge on any atom is 0.166 e. The summed E-state index contributed by atoms with van der Waals surface area (Å²) in [5.41, 5.74) is 5.81. The molecular weight excluding hydrogens is 358 g/mol. The lowest BCUT2D eigenvalue weighted by molar-refractivity contribution is 0.0398. The van der Waals surface area contributed by atoms with Gasteiger partial charge in [0, 0.05) is 42.3 Å². The van der Waals surface area contributed by atoms with Crippen molar-refractivity contribution in [1.29, 1.82) is 0 Å². The highest BCUT2D eigenvalue weighted by molar-refractivity contribution is 7.13. The molecule has 1 saturated heterocycles. The van der Waals surface area contributed by atoms with Gasteiger partial charge in [0.2, 0.25) is 0 Å². The number of hydrogen-bond donors (Lipinski definition) is 1. The van der Waals surface area contributed by atoms with Gasteiger partial charge in [-0.15, -0.1) is 11.3 Å². The lowest BCUT2D eigenvalue weighted by atomic mass is 10.2. The molecule has 1 fully saturated rings. The van der Waals surface area contributed by atoms with Crippen molar-refractivity contribution in [3.05, 3.63) is 34.5 Å². The van der Waals surface area contributed by atoms with Crippen molar-refractivity contribution in [2.45, 2.75) is 26.2 Å². The van der Waals surface area contributed by atoms with Crippen LogP contribution in [0.5, 0.6) is 0 Å². The molecule has 0 unspecified atom stereocenters. The van der Waals surface area contributed by atoms with Crippen molar-refractivity contribution in [2.24, 2.45) is 0 Å². The number of rotatable bonds is 5. The highest BCUT2D eigenvalue weighted by atomic mass is 32.1. The Morgan fingerprint density at radius 1 is 1.26 bits per heavy atom. The molecule has 0 saturated carbocycles. The van der Waals surface area contributed by atoms with Gasteiger partial charge < -0.3 is 10.1 Å². The standard InChI is InChI=1S/C20H25N5OS/c1-14-18(17-6-3-13-27-17)20-22-16-5-2-4-15(16)19(25(20)23-14)21-7-8-24-9-11-26-12-10-24/h3,6,13,21H,2,4-5,7-12H2,1H3. The van der Waals surface area contributed by atoms with Crippen LogP contribution in [-0.2, 0) is 17.6 Å². The molecule has 0 radical (unpaired) electrons. The molecule has 3 aromatic heterocycles. The molecule has 0 spiro atoms. The number of nitrogens with one attached hydrogen (secondary N) is 1. The molecule has 4 heterocycles. The molecule has 2 aliphatic rings. The third kappa shape index (κ3) is 3.13. The second-order valence-corrected chi connectivity index (χ2v) is 8.24. The van der Waals surface area contributed by atoms with Crippen molar-refractivity contribution in [2.75, 3.05) is 44.7 Å². The van der Waals surface area contributed by atoms with Crippen LogP contribution in [0.2, 0.25) is 0 Å². The molecule has 0 bridgehead atoms. The van der Waals surface area contributed by atoms with Crippen LogP contribution >= 0.6 is 11.3 Å². The van der Waals surface area contributed by atoms with Gasteiger partial charge in [-0.2, -0.15) is 9.61 Å². The molecule has 0 aromatic carbocycles. The molecule has 3 aromatic rings. The topological polar surface area (TPSA) is 54.7 Å². The number of aromatic nitrogens is 3. The fourth-order valence-corrected chi connectivity index (χ4v) is 5.00. The summed E-state index contributed by atoms with van der Waals surface area (Å²) < 4.78 is 7.50. The fraction of sp³-hybridized carbons (Fsp3) is 0.500. The Kier molecular flexibility index (Phi) is 4.59. The Labute approximate surface area is 163 Å². The van der Waals surface area contributed by atoms with Gasteiger partial charge in [-0.25, -0.2) is 4.98 Å². The summed E-state index contributed by atoms with van der Waals surface area (Å²) in [5, 5.41) is 10.7. The second-order valence-electron chi connectivity index (χ2n) is 7.29. The van der Waals surface area contributed by atoms with E-state index in [0.717, 1.165) is 69.4 Å². The zero-order valence-corrected chi connectivity index (χ0v) is 16.5. The van der Waals surface area contributed by atoms with Gasteiger partial charge in [0.15, 0.2) is 5.65 Å². The van der Waals surface area contributed by atoms with Gasteiger partial charge in [-0.05, 0) is 37.6 Å². The minimum absolute atomic E-state index is 0.845. The third-order valence-electron chi connectivity index (χ3n) is 5.56. The molecule has 27 heavy (non-hydrogen) atoms. The summed E-state index contributed by atoms with van der Waals surface area (Å²) in [6, 6.07) is 4.26. The summed E-state index contributed by atoms with van der Waals surface area (Å²) in [6.45, 7) is 7.77. The number of ether oxygens (including phenoxy) is 1. The number of morpholine rings is 1. The normalized spacial score (nSPS) is 17.5. The van der Waals surface area contributed by atoms with Gasteiger partial charge >= 0.3 is 0 Å². The van der Waals surface area contributed by atoms with E-state index >= 15 is 0 Å². The molecular formula is C20H25N5OS. The van der Waals surface area contributed by atoms with E-state index in [4.69, 9.17) is 14.8 Å². The number of anilines is 1. The summed E-state index contributed by atoms with van der Waals surface area (Å²) in [4.78, 5) is 8.73. The largest absolute Gasteiger partial charge is 0.379 e. The van der Waals surface area contributed by atoms with Crippen LogP contribution in [0.4, 0.5) is 5.82 Å². The van der Waals surface area contributed by atoms with E-state index in [2.05, 4.69) is 34.7 Å². The molecule has 7 heteroatoms. The number of aryl methyl sites for hydroxylation is 2.